The molecule has 0 amide bonds. The van der Waals surface area contributed by atoms with Gasteiger partial charge in [-0.05, 0) is 14.1 Å². The molecule has 1 nitrogen and oxygen atoms in total. The molecular weight excluding hydrogens is 66.1 g/mol. The zero-order valence-electron chi connectivity index (χ0n) is 3.45. The second kappa shape index (κ2) is 1.49. The summed E-state index contributed by atoms with van der Waals surface area (Å²) in [6.07, 6.45) is 0. The monoisotopic (exact) mass is 75.1 g/mol. The number of rotatable bonds is 0. The Morgan fingerprint density at radius 2 is 1.50 bits per heavy atom. The average molecular weight is 75.2 g/mol. The van der Waals surface area contributed by atoms with Crippen LogP contribution in [-0.2, 0) is 0 Å². The fraction of sp³-hybridized carbons (Fsp3) is 1.00. The van der Waals surface area contributed by atoms with Crippen molar-refractivity contribution in [1.29, 1.82) is 0 Å². The van der Waals surface area contributed by atoms with Crippen LogP contribution in [0.15, 0.2) is 0 Å². The molecule has 0 radical (unpaired) electrons. The van der Waals surface area contributed by atoms with Crippen LogP contribution in [-0.4, -0.2) is 29.1 Å². The summed E-state index contributed by atoms with van der Waals surface area (Å²) in [6.45, 7) is 0. The van der Waals surface area contributed by atoms with Gasteiger partial charge < -0.3 is 4.57 Å². The lowest BCUT2D eigenvalue weighted by molar-refractivity contribution is 0.679. The number of hydrogen-bond donors (Lipinski definition) is 0. The zero-order valence-corrected chi connectivity index (χ0v) is 5.45. The molecule has 0 aliphatic heterocycles. The van der Waals surface area contributed by atoms with Crippen LogP contribution in [0.25, 0.3) is 0 Å². The van der Waals surface area contributed by atoms with E-state index in [9.17, 15) is 0 Å². The van der Waals surface area contributed by atoms with E-state index >= 15 is 0 Å². The molecule has 2 heteroatoms. The topological polar surface area (TPSA) is 3.24 Å². The highest BCUT2D eigenvalue weighted by Crippen LogP contribution is 1.44. The van der Waals surface area contributed by atoms with Crippen molar-refractivity contribution in [1.82, 2.24) is 4.57 Å². The van der Waals surface area contributed by atoms with Crippen molar-refractivity contribution in [3.05, 3.63) is 0 Å². The first-order valence-corrected chi connectivity index (χ1v) is 2.24. The van der Waals surface area contributed by atoms with Gasteiger partial charge in [-0.25, -0.2) is 0 Å². The van der Waals surface area contributed by atoms with Gasteiger partial charge in [0.25, 0.3) is 0 Å². The molecule has 0 fully saturated rings. The Kier molecular flexibility index (Phi) is 1.56. The van der Waals surface area contributed by atoms with Crippen molar-refractivity contribution in [2.75, 3.05) is 14.1 Å². The molecule has 0 N–H and O–H groups in total. The fourth-order valence-electron chi connectivity index (χ4n) is 0. The minimum Gasteiger partial charge on any atom is -0.337 e. The lowest BCUT2D eigenvalue weighted by Crippen LogP contribution is -2.02. The van der Waals surface area contributed by atoms with Gasteiger partial charge in [-0.1, -0.05) is 0 Å². The van der Waals surface area contributed by atoms with Crippen LogP contribution in [0, 0.1) is 0 Å². The summed E-state index contributed by atoms with van der Waals surface area (Å²) in [4.78, 5) is 0. The molecule has 0 saturated heterocycles. The van der Waals surface area contributed by atoms with Crippen molar-refractivity contribution in [2.24, 2.45) is 0 Å². The summed E-state index contributed by atoms with van der Waals surface area (Å²) in [5.74, 6) is 0. The van der Waals surface area contributed by atoms with E-state index in [1.165, 1.54) is 10.4 Å². The Bertz CT molecular complexity index is 10.8. The summed E-state index contributed by atoms with van der Waals surface area (Å²) in [7, 11) is 5.31. The van der Waals surface area contributed by atoms with Crippen LogP contribution in [0.1, 0.15) is 0 Å². The van der Waals surface area contributed by atoms with Crippen LogP contribution in [0.4, 0.5) is 0 Å². The molecule has 0 aliphatic rings. The Balaban J connectivity index is 2.32. The first-order chi connectivity index (χ1) is 1.73. The summed E-state index contributed by atoms with van der Waals surface area (Å²) >= 11 is 0. The molecule has 26 valence electrons. The second-order valence-corrected chi connectivity index (χ2v) is 3.13. The van der Waals surface area contributed by atoms with E-state index < -0.39 is 0 Å². The largest absolute Gasteiger partial charge is 0.337 e. The number of hydrogen-bond acceptors (Lipinski definition) is 1. The predicted octanol–water partition coefficient (Wildman–Crippen LogP) is -1.17. The summed E-state index contributed by atoms with van der Waals surface area (Å²) in [5.41, 5.74) is 0. The molecule has 0 atom stereocenters. The first kappa shape index (κ1) is 4.18. The highest BCUT2D eigenvalue weighted by molar-refractivity contribution is 6.03. The minimum absolute atomic E-state index is 1.18. The maximum atomic E-state index is 2.14. The molecule has 0 unspecified atom stereocenters. The third-order valence-corrected chi connectivity index (χ3v) is 0. The molecule has 0 aromatic rings. The van der Waals surface area contributed by atoms with Crippen LogP contribution in [0.3, 0.4) is 0 Å². The molecule has 0 spiro atoms. The maximum Gasteiger partial charge on any atom is 0.0777 e. The Hall–Kier alpha value is 0.177. The smallest absolute Gasteiger partial charge is 0.0777 e. The molecule has 0 aromatic heterocycles. The first-order valence-electron chi connectivity index (χ1n) is 1.34. The summed E-state index contributed by atoms with van der Waals surface area (Å²) < 4.78 is 2.14. The molecule has 4 heavy (non-hydrogen) atoms. The standard InChI is InChI=1S/C2H9NSi/c1-3(2)4/h1-2,4H3. The summed E-state index contributed by atoms with van der Waals surface area (Å²) in [6, 6.07) is 0. The Morgan fingerprint density at radius 3 is 1.50 bits per heavy atom. The van der Waals surface area contributed by atoms with Crippen molar-refractivity contribution in [3.63, 3.8) is 0 Å². The van der Waals surface area contributed by atoms with Crippen LogP contribution in [0.2, 0.25) is 0 Å². The fourth-order valence-corrected chi connectivity index (χ4v) is 0. The van der Waals surface area contributed by atoms with Gasteiger partial charge in [0, 0.05) is 0 Å². The maximum absolute atomic E-state index is 2.14. The third kappa shape index (κ3) is 96.4. The van der Waals surface area contributed by atoms with Gasteiger partial charge in [-0.3, -0.25) is 0 Å². The molecule has 0 saturated carbocycles. The lowest BCUT2D eigenvalue weighted by atomic mass is 11.3. The molecule has 0 aliphatic carbocycles. The highest BCUT2D eigenvalue weighted by atomic mass is 28.2. The quantitative estimate of drug-likeness (QED) is 0.328. The van der Waals surface area contributed by atoms with E-state index in [-0.39, 0.29) is 0 Å². The Labute approximate surface area is 30.1 Å². The summed E-state index contributed by atoms with van der Waals surface area (Å²) in [5, 5.41) is 0. The average Bonchev–Trinajstić information content (AvgIpc) is 0.811. The van der Waals surface area contributed by atoms with E-state index in [1.54, 1.807) is 0 Å². The van der Waals surface area contributed by atoms with Crippen LogP contribution < -0.4 is 0 Å². The van der Waals surface area contributed by atoms with Crippen molar-refractivity contribution < 1.29 is 0 Å². The van der Waals surface area contributed by atoms with E-state index in [0.717, 1.165) is 0 Å². The van der Waals surface area contributed by atoms with Gasteiger partial charge in [0.15, 0.2) is 0 Å². The molecule has 0 bridgehead atoms. The minimum atomic E-state index is 1.18. The van der Waals surface area contributed by atoms with Gasteiger partial charge in [-0.2, -0.15) is 0 Å². The molecule has 0 heterocycles. The van der Waals surface area contributed by atoms with Crippen molar-refractivity contribution >= 4 is 10.4 Å². The second-order valence-electron chi connectivity index (χ2n) is 1.34. The molecular formula is C2H9NSi. The van der Waals surface area contributed by atoms with E-state index in [0.29, 0.717) is 0 Å². The zero-order chi connectivity index (χ0) is 3.58. The molecule has 0 aromatic carbocycles. The Morgan fingerprint density at radius 1 is 1.50 bits per heavy atom. The SMILES string of the molecule is CN(C)[SiH3]. The highest BCUT2D eigenvalue weighted by Gasteiger charge is 1.58. The lowest BCUT2D eigenvalue weighted by Gasteiger charge is -1.90. The van der Waals surface area contributed by atoms with Gasteiger partial charge in [0.2, 0.25) is 0 Å². The van der Waals surface area contributed by atoms with E-state index in [1.807, 2.05) is 0 Å². The van der Waals surface area contributed by atoms with Crippen molar-refractivity contribution in [2.45, 2.75) is 0 Å². The van der Waals surface area contributed by atoms with Crippen LogP contribution in [0.5, 0.6) is 0 Å². The van der Waals surface area contributed by atoms with Gasteiger partial charge in [-0.15, -0.1) is 0 Å². The van der Waals surface area contributed by atoms with E-state index in [4.69, 9.17) is 0 Å². The van der Waals surface area contributed by atoms with Gasteiger partial charge in [0.05, 0.1) is 10.4 Å². The van der Waals surface area contributed by atoms with Gasteiger partial charge in [0.1, 0.15) is 0 Å². The van der Waals surface area contributed by atoms with Crippen molar-refractivity contribution in [3.8, 4) is 0 Å². The third-order valence-electron chi connectivity index (χ3n) is 0. The molecule has 0 rings (SSSR count). The normalized spacial score (nSPS) is 9.75. The van der Waals surface area contributed by atoms with Crippen LogP contribution >= 0.6 is 0 Å². The van der Waals surface area contributed by atoms with Gasteiger partial charge >= 0.3 is 0 Å². The van der Waals surface area contributed by atoms with E-state index in [2.05, 4.69) is 18.7 Å². The predicted molar refractivity (Wildman–Crippen MR) is 23.6 cm³/mol. The number of nitrogens with zero attached hydrogens (tertiary/aromatic N) is 1.